The number of para-hydroxylation sites is 1. The number of carbonyl (C=O) groups is 2. The molecule has 3 fully saturated rings. The molecule has 3 heterocycles. The molecular formula is C30H36N4O3. The van der Waals surface area contributed by atoms with Crippen LogP contribution in [-0.2, 0) is 16.1 Å². The molecule has 37 heavy (non-hydrogen) atoms. The second-order valence-corrected chi connectivity index (χ2v) is 10.9. The highest BCUT2D eigenvalue weighted by atomic mass is 16.6. The van der Waals surface area contributed by atoms with Crippen molar-refractivity contribution in [3.8, 4) is 0 Å². The van der Waals surface area contributed by atoms with Gasteiger partial charge in [0.2, 0.25) is 5.91 Å². The number of nitrogens with zero attached hydrogens (tertiary/aromatic N) is 2. The molecule has 194 valence electrons. The van der Waals surface area contributed by atoms with Crippen LogP contribution in [0.1, 0.15) is 55.6 Å². The van der Waals surface area contributed by atoms with E-state index >= 15 is 0 Å². The van der Waals surface area contributed by atoms with Crippen LogP contribution in [0.5, 0.6) is 0 Å². The number of aromatic amines is 1. The van der Waals surface area contributed by atoms with Crippen molar-refractivity contribution < 1.29 is 14.3 Å². The fourth-order valence-electron chi connectivity index (χ4n) is 6.92. The summed E-state index contributed by atoms with van der Waals surface area (Å²) >= 11 is 0. The molecule has 2 aromatic carbocycles. The third-order valence-electron chi connectivity index (χ3n) is 8.81. The smallest absolute Gasteiger partial charge is 0.410 e. The molecule has 3 aromatic rings. The second kappa shape index (κ2) is 10.2. The lowest BCUT2D eigenvalue weighted by molar-refractivity contribution is -0.135. The van der Waals surface area contributed by atoms with E-state index in [0.717, 1.165) is 54.1 Å². The summed E-state index contributed by atoms with van der Waals surface area (Å²) in [6.45, 7) is 1.38. The maximum Gasteiger partial charge on any atom is 0.410 e. The van der Waals surface area contributed by atoms with Crippen molar-refractivity contribution in [2.45, 2.75) is 69.2 Å². The number of fused-ring (bicyclic) bond motifs is 2. The Kier molecular flexibility index (Phi) is 6.63. The second-order valence-electron chi connectivity index (χ2n) is 10.9. The minimum absolute atomic E-state index is 0.00423. The third kappa shape index (κ3) is 4.50. The van der Waals surface area contributed by atoms with Gasteiger partial charge < -0.3 is 25.3 Å². The van der Waals surface area contributed by atoms with Gasteiger partial charge in [0.05, 0.1) is 18.1 Å². The van der Waals surface area contributed by atoms with Gasteiger partial charge in [-0.1, -0.05) is 67.8 Å². The summed E-state index contributed by atoms with van der Waals surface area (Å²) in [6, 6.07) is 17.3. The van der Waals surface area contributed by atoms with E-state index in [1.54, 1.807) is 0 Å². The van der Waals surface area contributed by atoms with Gasteiger partial charge in [-0.2, -0.15) is 0 Å². The molecule has 0 bridgehead atoms. The van der Waals surface area contributed by atoms with Crippen LogP contribution < -0.4 is 5.73 Å². The molecule has 3 N–H and O–H groups in total. The van der Waals surface area contributed by atoms with Gasteiger partial charge in [-0.15, -0.1) is 0 Å². The zero-order chi connectivity index (χ0) is 25.4. The molecular weight excluding hydrogens is 464 g/mol. The zero-order valence-corrected chi connectivity index (χ0v) is 21.2. The Bertz CT molecular complexity index is 1250. The Labute approximate surface area is 217 Å². The summed E-state index contributed by atoms with van der Waals surface area (Å²) in [6.07, 6.45) is 8.06. The Hall–Kier alpha value is -3.32. The minimum Gasteiger partial charge on any atom is -0.445 e. The van der Waals surface area contributed by atoms with Crippen molar-refractivity contribution in [3.63, 3.8) is 0 Å². The molecule has 1 aliphatic carbocycles. The first-order valence-electron chi connectivity index (χ1n) is 13.7. The number of rotatable bonds is 5. The van der Waals surface area contributed by atoms with Crippen LogP contribution in [0.4, 0.5) is 4.79 Å². The summed E-state index contributed by atoms with van der Waals surface area (Å²) in [4.78, 5) is 34.4. The molecule has 2 aliphatic heterocycles. The van der Waals surface area contributed by atoms with Crippen LogP contribution >= 0.6 is 0 Å². The van der Waals surface area contributed by atoms with Gasteiger partial charge in [0, 0.05) is 36.1 Å². The Morgan fingerprint density at radius 2 is 1.73 bits per heavy atom. The van der Waals surface area contributed by atoms with Gasteiger partial charge >= 0.3 is 6.09 Å². The minimum atomic E-state index is -0.471. The number of likely N-dealkylation sites (tertiary alicyclic amines) is 2. The Balaban J connectivity index is 1.28. The van der Waals surface area contributed by atoms with Gasteiger partial charge in [0.1, 0.15) is 6.61 Å². The first-order chi connectivity index (χ1) is 18.1. The quantitative estimate of drug-likeness (QED) is 0.527. The van der Waals surface area contributed by atoms with Gasteiger partial charge in [-0.25, -0.2) is 4.79 Å². The number of ether oxygens (including phenoxy) is 1. The molecule has 7 nitrogen and oxygen atoms in total. The van der Waals surface area contributed by atoms with Crippen LogP contribution in [0.25, 0.3) is 10.9 Å². The number of hydrogen-bond donors (Lipinski definition) is 2. The van der Waals surface area contributed by atoms with Crippen LogP contribution in [0.2, 0.25) is 0 Å². The molecule has 7 heteroatoms. The van der Waals surface area contributed by atoms with Crippen LogP contribution in [-0.4, -0.2) is 58.0 Å². The van der Waals surface area contributed by atoms with Crippen molar-refractivity contribution >= 4 is 22.9 Å². The molecule has 3 aliphatic rings. The molecule has 1 saturated carbocycles. The van der Waals surface area contributed by atoms with Crippen molar-refractivity contribution in [2.75, 3.05) is 13.1 Å². The summed E-state index contributed by atoms with van der Waals surface area (Å²) < 4.78 is 5.76. The van der Waals surface area contributed by atoms with Gasteiger partial charge in [-0.3, -0.25) is 4.79 Å². The number of nitrogens with two attached hydrogens (primary N) is 1. The lowest BCUT2D eigenvalue weighted by atomic mass is 9.83. The Morgan fingerprint density at radius 3 is 2.54 bits per heavy atom. The SMILES string of the molecule is N[C@H](C(=O)N1CC[C@@H]2[C@H]1[C@H](c1c[nH]c3ccccc13)CN2C(=O)OCc1ccccc1)C1CCCCC1. The van der Waals surface area contributed by atoms with E-state index < -0.39 is 6.04 Å². The molecule has 2 saturated heterocycles. The average molecular weight is 501 g/mol. The number of benzene rings is 2. The van der Waals surface area contributed by atoms with Crippen molar-refractivity contribution in [3.05, 3.63) is 71.9 Å². The summed E-state index contributed by atoms with van der Waals surface area (Å²) in [5, 5.41) is 1.14. The van der Waals surface area contributed by atoms with Gasteiger partial charge in [0.15, 0.2) is 0 Å². The predicted octanol–water partition coefficient (Wildman–Crippen LogP) is 4.78. The number of H-pyrrole nitrogens is 1. The highest BCUT2D eigenvalue weighted by Gasteiger charge is 2.53. The lowest BCUT2D eigenvalue weighted by Gasteiger charge is -2.34. The number of nitrogens with one attached hydrogen (secondary N) is 1. The van der Waals surface area contributed by atoms with E-state index in [-0.39, 0.29) is 42.5 Å². The molecule has 0 unspecified atom stereocenters. The van der Waals surface area contributed by atoms with E-state index in [0.29, 0.717) is 13.1 Å². The molecule has 0 spiro atoms. The first-order valence-corrected chi connectivity index (χ1v) is 13.7. The van der Waals surface area contributed by atoms with E-state index in [4.69, 9.17) is 10.5 Å². The summed E-state index contributed by atoms with van der Waals surface area (Å²) in [5.74, 6) is 0.291. The number of hydrogen-bond acceptors (Lipinski definition) is 4. The fraction of sp³-hybridized carbons (Fsp3) is 0.467. The standard InChI is InChI=1S/C30H36N4O3/c31-27(21-11-5-2-6-12-21)29(35)33-16-15-26-28(33)24(23-17-32-25-14-8-7-13-22(23)25)18-34(26)30(36)37-19-20-9-3-1-4-10-20/h1,3-4,7-10,13-14,17,21,24,26-28,32H,2,5-6,11-12,15-16,18-19,31H2/t24-,26+,27-,28+/m0/s1. The topological polar surface area (TPSA) is 91.7 Å². The zero-order valence-electron chi connectivity index (χ0n) is 21.2. The monoisotopic (exact) mass is 500 g/mol. The van der Waals surface area contributed by atoms with Crippen LogP contribution in [0.3, 0.4) is 0 Å². The van der Waals surface area contributed by atoms with Crippen molar-refractivity contribution in [2.24, 2.45) is 11.7 Å². The number of amides is 2. The molecule has 2 amide bonds. The van der Waals surface area contributed by atoms with Gasteiger partial charge in [0.25, 0.3) is 0 Å². The molecule has 1 aromatic heterocycles. The van der Waals surface area contributed by atoms with Crippen LogP contribution in [0.15, 0.2) is 60.8 Å². The highest BCUT2D eigenvalue weighted by molar-refractivity contribution is 5.86. The number of aromatic nitrogens is 1. The van der Waals surface area contributed by atoms with E-state index in [1.807, 2.05) is 58.5 Å². The van der Waals surface area contributed by atoms with Crippen LogP contribution in [0, 0.1) is 5.92 Å². The van der Waals surface area contributed by atoms with Crippen molar-refractivity contribution in [1.82, 2.24) is 14.8 Å². The largest absolute Gasteiger partial charge is 0.445 e. The number of carbonyl (C=O) groups excluding carboxylic acids is 2. The normalized spacial score (nSPS) is 24.8. The highest BCUT2D eigenvalue weighted by Crippen LogP contribution is 2.44. The third-order valence-corrected chi connectivity index (χ3v) is 8.81. The summed E-state index contributed by atoms with van der Waals surface area (Å²) in [7, 11) is 0. The first kappa shape index (κ1) is 24.0. The lowest BCUT2D eigenvalue weighted by Crippen LogP contribution is -2.52. The van der Waals surface area contributed by atoms with Crippen molar-refractivity contribution in [1.29, 1.82) is 0 Å². The molecule has 4 atom stereocenters. The maximum absolute atomic E-state index is 13.8. The predicted molar refractivity (Wildman–Crippen MR) is 143 cm³/mol. The Morgan fingerprint density at radius 1 is 0.973 bits per heavy atom. The summed E-state index contributed by atoms with van der Waals surface area (Å²) in [5.41, 5.74) is 9.78. The van der Waals surface area contributed by atoms with Gasteiger partial charge in [-0.05, 0) is 42.4 Å². The fourth-order valence-corrected chi connectivity index (χ4v) is 6.92. The average Bonchev–Trinajstić information content (AvgIpc) is 3.66. The molecule has 6 rings (SSSR count). The van der Waals surface area contributed by atoms with E-state index in [2.05, 4.69) is 17.1 Å². The maximum atomic E-state index is 13.8. The van der Waals surface area contributed by atoms with E-state index in [1.165, 1.54) is 6.42 Å². The van der Waals surface area contributed by atoms with E-state index in [9.17, 15) is 9.59 Å². The molecule has 0 radical (unpaired) electrons.